The van der Waals surface area contributed by atoms with Gasteiger partial charge in [-0.25, -0.2) is 9.97 Å². The van der Waals surface area contributed by atoms with Gasteiger partial charge in [0.05, 0.1) is 0 Å². The third-order valence-electron chi connectivity index (χ3n) is 6.73. The first kappa shape index (κ1) is 20.5. The van der Waals surface area contributed by atoms with E-state index in [1.54, 1.807) is 25.1 Å². The fourth-order valence-electron chi connectivity index (χ4n) is 4.93. The summed E-state index contributed by atoms with van der Waals surface area (Å²) in [5.41, 5.74) is 0.790. The highest BCUT2D eigenvalue weighted by Gasteiger charge is 2.54. The van der Waals surface area contributed by atoms with Crippen LogP contribution in [0.25, 0.3) is 0 Å². The topological polar surface area (TPSA) is 138 Å². The third kappa shape index (κ3) is 3.02. The fraction of sp³-hybridized carbons (Fsp3) is 0.292. The number of nitrogens with one attached hydrogen (secondary N) is 3. The smallest absolute Gasteiger partial charge is 0.276 e. The van der Waals surface area contributed by atoms with Gasteiger partial charge < -0.3 is 21.1 Å². The van der Waals surface area contributed by atoms with E-state index in [4.69, 9.17) is 0 Å². The molecule has 1 saturated carbocycles. The number of aliphatic hydroxyl groups is 1. The number of aryl methyl sites for hydroxylation is 1. The molecule has 0 saturated heterocycles. The summed E-state index contributed by atoms with van der Waals surface area (Å²) in [6.07, 6.45) is 2.25. The molecule has 1 aromatic carbocycles. The van der Waals surface area contributed by atoms with Gasteiger partial charge >= 0.3 is 0 Å². The van der Waals surface area contributed by atoms with E-state index in [9.17, 15) is 19.5 Å². The number of anilines is 3. The molecule has 6 rings (SSSR count). The van der Waals surface area contributed by atoms with Crippen LogP contribution in [0.1, 0.15) is 46.1 Å². The summed E-state index contributed by atoms with van der Waals surface area (Å²) in [6, 6.07) is 10.5. The van der Waals surface area contributed by atoms with Crippen molar-refractivity contribution in [3.63, 3.8) is 0 Å². The van der Waals surface area contributed by atoms with Crippen LogP contribution in [0.4, 0.5) is 17.3 Å². The average Bonchev–Trinajstić information content (AvgIpc) is 3.57. The number of fused-ring (bicyclic) bond motifs is 3. The number of aliphatic hydroxyl groups excluding tert-OH is 1. The highest BCUT2D eigenvalue weighted by Crippen LogP contribution is 2.45. The summed E-state index contributed by atoms with van der Waals surface area (Å²) in [6.45, 7) is 1.74. The Bertz CT molecular complexity index is 1430. The van der Waals surface area contributed by atoms with Crippen LogP contribution in [0.5, 0.6) is 0 Å². The quantitative estimate of drug-likeness (QED) is 0.467. The minimum absolute atomic E-state index is 0.0265. The van der Waals surface area contributed by atoms with E-state index in [0.29, 0.717) is 22.8 Å². The average molecular weight is 458 g/mol. The molecule has 2 amide bonds. The molecule has 3 heterocycles. The Morgan fingerprint density at radius 2 is 1.94 bits per heavy atom. The zero-order chi connectivity index (χ0) is 23.6. The van der Waals surface area contributed by atoms with Gasteiger partial charge in [-0.1, -0.05) is 24.3 Å². The van der Waals surface area contributed by atoms with Crippen LogP contribution in [0, 0.1) is 12.8 Å². The highest BCUT2D eigenvalue weighted by molar-refractivity contribution is 5.97. The summed E-state index contributed by atoms with van der Waals surface area (Å²) >= 11 is 0. The molecule has 3 aliphatic rings. The molecule has 2 unspecified atom stereocenters. The van der Waals surface area contributed by atoms with Crippen LogP contribution in [0.3, 0.4) is 0 Å². The van der Waals surface area contributed by atoms with E-state index in [0.717, 1.165) is 18.4 Å². The summed E-state index contributed by atoms with van der Waals surface area (Å²) in [7, 11) is 0. The van der Waals surface area contributed by atoms with Gasteiger partial charge in [-0.05, 0) is 42.5 Å². The largest absolute Gasteiger partial charge is 0.384 e. The lowest BCUT2D eigenvalue weighted by atomic mass is 10.0. The number of carbonyl (C=O) groups excluding carboxylic acids is 2. The second-order valence-electron chi connectivity index (χ2n) is 9.06. The predicted octanol–water partition coefficient (Wildman–Crippen LogP) is 1.72. The van der Waals surface area contributed by atoms with Crippen molar-refractivity contribution in [3.05, 3.63) is 75.5 Å². The Morgan fingerprint density at radius 3 is 2.71 bits per heavy atom. The van der Waals surface area contributed by atoms with Crippen molar-refractivity contribution in [2.45, 2.75) is 38.0 Å². The Kier molecular flexibility index (Phi) is 4.37. The molecule has 0 bridgehead atoms. The first-order valence-corrected chi connectivity index (χ1v) is 11.1. The van der Waals surface area contributed by atoms with Crippen molar-refractivity contribution in [1.82, 2.24) is 19.9 Å². The van der Waals surface area contributed by atoms with Crippen LogP contribution in [0.2, 0.25) is 0 Å². The van der Waals surface area contributed by atoms with E-state index in [1.807, 2.05) is 18.2 Å². The first-order valence-electron chi connectivity index (χ1n) is 11.1. The molecule has 10 nitrogen and oxygen atoms in total. The van der Waals surface area contributed by atoms with Crippen LogP contribution >= 0.6 is 0 Å². The van der Waals surface area contributed by atoms with Crippen molar-refractivity contribution in [3.8, 4) is 0 Å². The number of aromatic nitrogens is 3. The van der Waals surface area contributed by atoms with Crippen LogP contribution < -0.4 is 21.5 Å². The zero-order valence-corrected chi connectivity index (χ0v) is 18.3. The number of amides is 2. The molecule has 1 spiro atoms. The Morgan fingerprint density at radius 1 is 1.18 bits per heavy atom. The van der Waals surface area contributed by atoms with Gasteiger partial charge in [0, 0.05) is 18.4 Å². The fourth-order valence-corrected chi connectivity index (χ4v) is 4.93. The maximum Gasteiger partial charge on any atom is 0.276 e. The van der Waals surface area contributed by atoms with Gasteiger partial charge in [-0.15, -0.1) is 0 Å². The molecule has 2 aliphatic carbocycles. The lowest BCUT2D eigenvalue weighted by Crippen LogP contribution is -2.50. The molecule has 4 N–H and O–H groups in total. The number of pyridine rings is 1. The highest BCUT2D eigenvalue weighted by atomic mass is 16.3. The zero-order valence-electron chi connectivity index (χ0n) is 18.3. The summed E-state index contributed by atoms with van der Waals surface area (Å²) in [4.78, 5) is 46.9. The number of nitrogens with zero attached hydrogens (tertiary/aromatic N) is 3. The second-order valence-corrected chi connectivity index (χ2v) is 9.06. The standard InChI is InChI=1S/C24H22N6O4/c1-12-8-16(27-17-9-18(26-11-25-17)28-21(32)13-6-7-13)23(34)30-19(12)22(33)29-24(30)10-14-4-2-3-5-15(14)20(24)31/h2-5,8-9,11,13,20,31H,6-7,10H2,1H3,(H,29,33)(H2,25,26,27,28,32). The Balaban J connectivity index is 1.39. The molecule has 34 heavy (non-hydrogen) atoms. The SMILES string of the molecule is Cc1cc(Nc2cc(NC(=O)C3CC3)ncn2)c(=O)n2c1C(=O)NC21Cc2ccccc2C1O. The minimum Gasteiger partial charge on any atom is -0.384 e. The minimum atomic E-state index is -1.30. The maximum absolute atomic E-state index is 13.7. The second kappa shape index (κ2) is 7.22. The molecule has 2 atom stereocenters. The molecular formula is C24H22N6O4. The number of rotatable bonds is 4. The van der Waals surface area contributed by atoms with E-state index in [-0.39, 0.29) is 29.6 Å². The van der Waals surface area contributed by atoms with Crippen molar-refractivity contribution in [1.29, 1.82) is 0 Å². The van der Waals surface area contributed by atoms with E-state index >= 15 is 0 Å². The van der Waals surface area contributed by atoms with Gasteiger partial charge in [-0.3, -0.25) is 19.0 Å². The number of benzene rings is 1. The third-order valence-corrected chi connectivity index (χ3v) is 6.73. The predicted molar refractivity (Wildman–Crippen MR) is 123 cm³/mol. The summed E-state index contributed by atoms with van der Waals surface area (Å²) < 4.78 is 1.37. The molecule has 3 aromatic rings. The molecule has 1 aliphatic heterocycles. The summed E-state index contributed by atoms with van der Waals surface area (Å²) in [5.74, 6) is 0.195. The van der Waals surface area contributed by atoms with Gasteiger partial charge in [0.25, 0.3) is 11.5 Å². The Labute approximate surface area is 194 Å². The normalized spacial score (nSPS) is 22.3. The number of carbonyl (C=O) groups is 2. The summed E-state index contributed by atoms with van der Waals surface area (Å²) in [5, 5.41) is 19.9. The van der Waals surface area contributed by atoms with Crippen molar-refractivity contribution >= 4 is 29.1 Å². The van der Waals surface area contributed by atoms with Crippen LogP contribution in [0.15, 0.2) is 47.5 Å². The number of hydrogen-bond donors (Lipinski definition) is 4. The molecular weight excluding hydrogens is 436 g/mol. The monoisotopic (exact) mass is 458 g/mol. The number of hydrogen-bond acceptors (Lipinski definition) is 7. The van der Waals surface area contributed by atoms with Gasteiger partial charge in [0.2, 0.25) is 5.91 Å². The first-order chi connectivity index (χ1) is 16.4. The molecule has 1 fully saturated rings. The van der Waals surface area contributed by atoms with Gasteiger partial charge in [0.15, 0.2) is 5.66 Å². The lowest BCUT2D eigenvalue weighted by molar-refractivity contribution is -0.117. The van der Waals surface area contributed by atoms with Crippen LogP contribution in [-0.4, -0.2) is 31.5 Å². The van der Waals surface area contributed by atoms with E-state index in [2.05, 4.69) is 25.9 Å². The molecule has 0 radical (unpaired) electrons. The molecule has 172 valence electrons. The van der Waals surface area contributed by atoms with Gasteiger partial charge in [-0.2, -0.15) is 0 Å². The van der Waals surface area contributed by atoms with Crippen molar-refractivity contribution in [2.75, 3.05) is 10.6 Å². The Hall–Kier alpha value is -4.05. The van der Waals surface area contributed by atoms with Crippen molar-refractivity contribution < 1.29 is 14.7 Å². The van der Waals surface area contributed by atoms with Gasteiger partial charge in [0.1, 0.15) is 35.4 Å². The molecule has 10 heteroatoms. The van der Waals surface area contributed by atoms with Crippen molar-refractivity contribution in [2.24, 2.45) is 5.92 Å². The maximum atomic E-state index is 13.7. The van der Waals surface area contributed by atoms with Crippen LogP contribution in [-0.2, 0) is 16.9 Å². The van der Waals surface area contributed by atoms with E-state index in [1.165, 1.54) is 10.9 Å². The lowest BCUT2D eigenvalue weighted by Gasteiger charge is -2.31. The van der Waals surface area contributed by atoms with E-state index < -0.39 is 23.2 Å². The molecule has 2 aromatic heterocycles.